The zero-order valence-corrected chi connectivity index (χ0v) is 13.7. The predicted octanol–water partition coefficient (Wildman–Crippen LogP) is 3.15. The van der Waals surface area contributed by atoms with Crippen LogP contribution in [0.15, 0.2) is 9.08 Å². The Morgan fingerprint density at radius 2 is 1.94 bits per heavy atom. The van der Waals surface area contributed by atoms with Crippen LogP contribution >= 0.6 is 31.9 Å². The van der Waals surface area contributed by atoms with Crippen molar-refractivity contribution in [1.82, 2.24) is 14.7 Å². The van der Waals surface area contributed by atoms with Gasteiger partial charge in [0.2, 0.25) is 5.91 Å². The van der Waals surface area contributed by atoms with Gasteiger partial charge in [0.1, 0.15) is 10.6 Å². The molecule has 0 aliphatic rings. The average molecular weight is 367 g/mol. The fourth-order valence-corrected chi connectivity index (χ4v) is 2.46. The highest BCUT2D eigenvalue weighted by molar-refractivity contribution is 9.13. The van der Waals surface area contributed by atoms with E-state index in [-0.39, 0.29) is 11.9 Å². The summed E-state index contributed by atoms with van der Waals surface area (Å²) in [6, 6.07) is -0.280. The Morgan fingerprint density at radius 3 is 2.29 bits per heavy atom. The van der Waals surface area contributed by atoms with Gasteiger partial charge in [-0.15, -0.1) is 0 Å². The Morgan fingerprint density at radius 1 is 1.41 bits per heavy atom. The SMILES string of the molecule is CCN(CC)C(=O)C(C)n1nc(Br)c(Br)c1C. The van der Waals surface area contributed by atoms with E-state index in [2.05, 4.69) is 37.0 Å². The third-order valence-electron chi connectivity index (χ3n) is 2.84. The quantitative estimate of drug-likeness (QED) is 0.820. The summed E-state index contributed by atoms with van der Waals surface area (Å²) in [4.78, 5) is 14.0. The summed E-state index contributed by atoms with van der Waals surface area (Å²) >= 11 is 6.79. The predicted molar refractivity (Wildman–Crippen MR) is 75.0 cm³/mol. The number of rotatable bonds is 4. The Kier molecular flexibility index (Phi) is 5.19. The molecule has 0 aliphatic heterocycles. The molecule has 0 saturated carbocycles. The summed E-state index contributed by atoms with van der Waals surface area (Å²) < 4.78 is 3.38. The summed E-state index contributed by atoms with van der Waals surface area (Å²) in [5.74, 6) is 0.0978. The molecule has 1 aromatic rings. The highest BCUT2D eigenvalue weighted by Gasteiger charge is 2.23. The lowest BCUT2D eigenvalue weighted by Gasteiger charge is -2.23. The maximum Gasteiger partial charge on any atom is 0.247 e. The molecule has 0 aliphatic carbocycles. The molecule has 1 unspecified atom stereocenters. The van der Waals surface area contributed by atoms with Gasteiger partial charge in [-0.2, -0.15) is 5.10 Å². The minimum absolute atomic E-state index is 0.0978. The molecule has 0 spiro atoms. The monoisotopic (exact) mass is 365 g/mol. The molecule has 1 amide bonds. The fourth-order valence-electron chi connectivity index (χ4n) is 1.74. The molecule has 17 heavy (non-hydrogen) atoms. The van der Waals surface area contributed by atoms with Gasteiger partial charge in [0, 0.05) is 13.1 Å². The molecule has 0 aromatic carbocycles. The zero-order valence-electron chi connectivity index (χ0n) is 10.5. The number of hydrogen-bond acceptors (Lipinski definition) is 2. The Hall–Kier alpha value is -0.360. The largest absolute Gasteiger partial charge is 0.341 e. The molecular weight excluding hydrogens is 350 g/mol. The second-order valence-electron chi connectivity index (χ2n) is 3.82. The first-order valence-electron chi connectivity index (χ1n) is 5.62. The Labute approximate surface area is 119 Å². The van der Waals surface area contributed by atoms with Crippen molar-refractivity contribution in [1.29, 1.82) is 0 Å². The van der Waals surface area contributed by atoms with Crippen molar-refractivity contribution in [3.63, 3.8) is 0 Å². The number of halogens is 2. The van der Waals surface area contributed by atoms with Crippen molar-refractivity contribution in [2.45, 2.75) is 33.7 Å². The van der Waals surface area contributed by atoms with E-state index < -0.39 is 0 Å². The third kappa shape index (κ3) is 2.91. The van der Waals surface area contributed by atoms with Crippen LogP contribution in [-0.2, 0) is 4.79 Å². The summed E-state index contributed by atoms with van der Waals surface area (Å²) in [7, 11) is 0. The maximum atomic E-state index is 12.2. The maximum absolute atomic E-state index is 12.2. The van der Waals surface area contributed by atoms with Gasteiger partial charge < -0.3 is 4.90 Å². The molecule has 0 bridgehead atoms. The highest BCUT2D eigenvalue weighted by atomic mass is 79.9. The topological polar surface area (TPSA) is 38.1 Å². The van der Waals surface area contributed by atoms with E-state index in [0.717, 1.165) is 27.9 Å². The van der Waals surface area contributed by atoms with Crippen molar-refractivity contribution in [3.05, 3.63) is 14.8 Å². The second-order valence-corrected chi connectivity index (χ2v) is 5.37. The van der Waals surface area contributed by atoms with Crippen LogP contribution in [0.25, 0.3) is 0 Å². The van der Waals surface area contributed by atoms with Gasteiger partial charge >= 0.3 is 0 Å². The van der Waals surface area contributed by atoms with E-state index in [4.69, 9.17) is 0 Å². The first kappa shape index (κ1) is 14.7. The van der Waals surface area contributed by atoms with Gasteiger partial charge in [-0.25, -0.2) is 0 Å². The minimum atomic E-state index is -0.280. The van der Waals surface area contributed by atoms with Crippen LogP contribution in [0.3, 0.4) is 0 Å². The molecular formula is C11H17Br2N3O. The number of aromatic nitrogens is 2. The van der Waals surface area contributed by atoms with Crippen molar-refractivity contribution >= 4 is 37.8 Å². The number of likely N-dealkylation sites (N-methyl/N-ethyl adjacent to an activating group) is 1. The van der Waals surface area contributed by atoms with E-state index in [1.54, 1.807) is 4.68 Å². The smallest absolute Gasteiger partial charge is 0.247 e. The van der Waals surface area contributed by atoms with Crippen molar-refractivity contribution < 1.29 is 4.79 Å². The third-order valence-corrected chi connectivity index (χ3v) is 4.87. The fraction of sp³-hybridized carbons (Fsp3) is 0.636. The van der Waals surface area contributed by atoms with Crippen LogP contribution in [0, 0.1) is 6.92 Å². The molecule has 1 aromatic heterocycles. The van der Waals surface area contributed by atoms with Crippen LogP contribution in [0.4, 0.5) is 0 Å². The van der Waals surface area contributed by atoms with Gasteiger partial charge in [0.15, 0.2) is 0 Å². The van der Waals surface area contributed by atoms with Gasteiger partial charge in [0.05, 0.1) is 10.2 Å². The molecule has 6 heteroatoms. The Balaban J connectivity index is 3.00. The molecule has 0 saturated heterocycles. The van der Waals surface area contributed by atoms with Crippen molar-refractivity contribution in [2.75, 3.05) is 13.1 Å². The van der Waals surface area contributed by atoms with E-state index >= 15 is 0 Å². The lowest BCUT2D eigenvalue weighted by Crippen LogP contribution is -2.36. The number of amides is 1. The summed E-state index contributed by atoms with van der Waals surface area (Å²) in [6.07, 6.45) is 0. The average Bonchev–Trinajstić information content (AvgIpc) is 2.57. The van der Waals surface area contributed by atoms with E-state index in [9.17, 15) is 4.79 Å². The van der Waals surface area contributed by atoms with E-state index in [1.807, 2.05) is 32.6 Å². The molecule has 1 atom stereocenters. The standard InChI is InChI=1S/C11H17Br2N3O/c1-5-15(6-2)11(17)8(4)16-7(3)9(12)10(13)14-16/h8H,5-6H2,1-4H3. The van der Waals surface area contributed by atoms with E-state index in [0.29, 0.717) is 0 Å². The molecule has 0 fully saturated rings. The number of carbonyl (C=O) groups is 1. The van der Waals surface area contributed by atoms with Crippen LogP contribution in [0.2, 0.25) is 0 Å². The molecule has 1 heterocycles. The van der Waals surface area contributed by atoms with Gasteiger partial charge in [-0.1, -0.05) is 0 Å². The molecule has 1 rings (SSSR count). The lowest BCUT2D eigenvalue weighted by atomic mass is 10.2. The summed E-state index contributed by atoms with van der Waals surface area (Å²) in [5, 5.41) is 4.32. The normalized spacial score (nSPS) is 12.6. The number of hydrogen-bond donors (Lipinski definition) is 0. The van der Waals surface area contributed by atoms with Gasteiger partial charge in [0.25, 0.3) is 0 Å². The number of carbonyl (C=O) groups excluding carboxylic acids is 1. The van der Waals surface area contributed by atoms with Crippen LogP contribution < -0.4 is 0 Å². The number of nitrogens with zero attached hydrogens (tertiary/aromatic N) is 3. The molecule has 4 nitrogen and oxygen atoms in total. The first-order valence-corrected chi connectivity index (χ1v) is 7.21. The minimum Gasteiger partial charge on any atom is -0.341 e. The van der Waals surface area contributed by atoms with Gasteiger partial charge in [-0.05, 0) is 59.6 Å². The van der Waals surface area contributed by atoms with Gasteiger partial charge in [-0.3, -0.25) is 9.48 Å². The first-order chi connectivity index (χ1) is 7.93. The molecule has 0 N–H and O–H groups in total. The van der Waals surface area contributed by atoms with Crippen LogP contribution in [0.1, 0.15) is 32.5 Å². The van der Waals surface area contributed by atoms with Crippen LogP contribution in [0.5, 0.6) is 0 Å². The second kappa shape index (κ2) is 6.00. The zero-order chi connectivity index (χ0) is 13.2. The summed E-state index contributed by atoms with van der Waals surface area (Å²) in [5.41, 5.74) is 0.949. The van der Waals surface area contributed by atoms with Crippen molar-refractivity contribution in [2.24, 2.45) is 0 Å². The van der Waals surface area contributed by atoms with E-state index in [1.165, 1.54) is 0 Å². The Bertz CT molecular complexity index is 413. The summed E-state index contributed by atoms with van der Waals surface area (Å²) in [6.45, 7) is 9.23. The molecule has 0 radical (unpaired) electrons. The lowest BCUT2D eigenvalue weighted by molar-refractivity contribution is -0.134. The molecule has 96 valence electrons. The van der Waals surface area contributed by atoms with Crippen LogP contribution in [-0.4, -0.2) is 33.7 Å². The van der Waals surface area contributed by atoms with Crippen molar-refractivity contribution in [3.8, 4) is 0 Å². The highest BCUT2D eigenvalue weighted by Crippen LogP contribution is 2.27.